The summed E-state index contributed by atoms with van der Waals surface area (Å²) in [5.41, 5.74) is 1.25. The summed E-state index contributed by atoms with van der Waals surface area (Å²) in [5.74, 6) is -0.496. The van der Waals surface area contributed by atoms with E-state index in [0.717, 1.165) is 0 Å². The molecule has 1 heterocycles. The van der Waals surface area contributed by atoms with Crippen LogP contribution in [0.2, 0.25) is 0 Å². The van der Waals surface area contributed by atoms with Crippen LogP contribution in [0.5, 0.6) is 5.75 Å². The molecule has 29 heavy (non-hydrogen) atoms. The molecule has 0 radical (unpaired) electrons. The fourth-order valence-electron chi connectivity index (χ4n) is 3.39. The predicted octanol–water partition coefficient (Wildman–Crippen LogP) is 2.00. The molecule has 1 fully saturated rings. The maximum atomic E-state index is 12.9. The largest absolute Gasteiger partial charge is 0.496 e. The summed E-state index contributed by atoms with van der Waals surface area (Å²) in [6, 6.07) is 15.4. The molecule has 8 heteroatoms. The van der Waals surface area contributed by atoms with Gasteiger partial charge in [0.2, 0.25) is 0 Å². The van der Waals surface area contributed by atoms with E-state index in [0.29, 0.717) is 23.4 Å². The van der Waals surface area contributed by atoms with Gasteiger partial charge in [-0.25, -0.2) is 8.42 Å². The van der Waals surface area contributed by atoms with Crippen LogP contribution in [-0.2, 0) is 30.6 Å². The number of hydrogen-bond donors (Lipinski definition) is 0. The molecule has 0 bridgehead atoms. The van der Waals surface area contributed by atoms with Crippen molar-refractivity contribution in [2.45, 2.75) is 18.9 Å². The van der Waals surface area contributed by atoms with Gasteiger partial charge >= 0.3 is 5.97 Å². The average molecular weight is 417 g/mol. The van der Waals surface area contributed by atoms with E-state index < -0.39 is 34.4 Å². The number of methoxy groups -OCH3 is 1. The second-order valence-corrected chi connectivity index (χ2v) is 9.03. The van der Waals surface area contributed by atoms with Crippen molar-refractivity contribution >= 4 is 27.4 Å². The first-order valence-electron chi connectivity index (χ1n) is 9.24. The summed E-state index contributed by atoms with van der Waals surface area (Å²) in [6.45, 7) is -0.459. The minimum Gasteiger partial charge on any atom is -0.496 e. The van der Waals surface area contributed by atoms with Crippen LogP contribution in [0.1, 0.15) is 12.0 Å². The Hall–Kier alpha value is -2.87. The predicted molar refractivity (Wildman–Crippen MR) is 109 cm³/mol. The normalized spacial score (nSPS) is 17.5. The van der Waals surface area contributed by atoms with Gasteiger partial charge in [0.05, 0.1) is 31.1 Å². The summed E-state index contributed by atoms with van der Waals surface area (Å²) in [5, 5.41) is 0. The number of hydrogen-bond acceptors (Lipinski definition) is 6. The van der Waals surface area contributed by atoms with E-state index in [1.807, 2.05) is 6.07 Å². The lowest BCUT2D eigenvalue weighted by molar-refractivity contribution is -0.147. The molecule has 0 N–H and O–H groups in total. The molecule has 1 amide bonds. The maximum Gasteiger partial charge on any atom is 0.310 e. The van der Waals surface area contributed by atoms with Crippen LogP contribution in [0, 0.1) is 0 Å². The quantitative estimate of drug-likeness (QED) is 0.640. The first-order chi connectivity index (χ1) is 13.9. The number of sulfone groups is 1. The second kappa shape index (κ2) is 9.09. The number of amides is 1. The van der Waals surface area contributed by atoms with Crippen LogP contribution in [-0.4, -0.2) is 51.6 Å². The smallest absolute Gasteiger partial charge is 0.310 e. The number of ether oxygens (including phenoxy) is 2. The Kier molecular flexibility index (Phi) is 6.53. The van der Waals surface area contributed by atoms with E-state index >= 15 is 0 Å². The number of rotatable bonds is 7. The third-order valence-electron chi connectivity index (χ3n) is 4.76. The van der Waals surface area contributed by atoms with Crippen LogP contribution in [0.15, 0.2) is 54.6 Å². The van der Waals surface area contributed by atoms with Crippen molar-refractivity contribution in [1.82, 2.24) is 0 Å². The zero-order valence-corrected chi connectivity index (χ0v) is 16.9. The standard InChI is InChI=1S/C21H23NO6S/c1-27-19-10-6-5-7-16(19)13-21(24)28-14-20(23)22(17-8-3-2-4-9-17)18-11-12-29(25,26)15-18/h2-10,18H,11-15H2,1H3/t18-/m0/s1. The molecule has 154 valence electrons. The summed E-state index contributed by atoms with van der Waals surface area (Å²) < 4.78 is 34.2. The molecule has 7 nitrogen and oxygen atoms in total. The first kappa shape index (κ1) is 20.9. The van der Waals surface area contributed by atoms with Crippen LogP contribution < -0.4 is 9.64 Å². The highest BCUT2D eigenvalue weighted by Gasteiger charge is 2.35. The van der Waals surface area contributed by atoms with E-state index in [9.17, 15) is 18.0 Å². The highest BCUT2D eigenvalue weighted by Crippen LogP contribution is 2.25. The fourth-order valence-corrected chi connectivity index (χ4v) is 5.09. The van der Waals surface area contributed by atoms with Crippen LogP contribution in [0.3, 0.4) is 0 Å². The molecular weight excluding hydrogens is 394 g/mol. The van der Waals surface area contributed by atoms with Gasteiger partial charge in [-0.15, -0.1) is 0 Å². The molecule has 1 saturated heterocycles. The van der Waals surface area contributed by atoms with Crippen molar-refractivity contribution in [2.75, 3.05) is 30.1 Å². The molecule has 3 rings (SSSR count). The van der Waals surface area contributed by atoms with Crippen LogP contribution in [0.25, 0.3) is 0 Å². The van der Waals surface area contributed by atoms with Crippen molar-refractivity contribution in [3.8, 4) is 5.75 Å². The summed E-state index contributed by atoms with van der Waals surface area (Å²) in [6.07, 6.45) is 0.332. The Bertz CT molecular complexity index is 974. The second-order valence-electron chi connectivity index (χ2n) is 6.81. The van der Waals surface area contributed by atoms with E-state index in [-0.39, 0.29) is 17.9 Å². The Labute approximate surface area is 170 Å². The molecule has 1 aliphatic heterocycles. The Morgan fingerprint density at radius 1 is 1.07 bits per heavy atom. The zero-order chi connectivity index (χ0) is 20.9. The fraction of sp³-hybridized carbons (Fsp3) is 0.333. The van der Waals surface area contributed by atoms with Crippen molar-refractivity contribution in [3.63, 3.8) is 0 Å². The zero-order valence-electron chi connectivity index (χ0n) is 16.1. The van der Waals surface area contributed by atoms with E-state index in [2.05, 4.69) is 0 Å². The average Bonchev–Trinajstić information content (AvgIpc) is 3.07. The van der Waals surface area contributed by atoms with Crippen molar-refractivity contribution < 1.29 is 27.5 Å². The summed E-state index contributed by atoms with van der Waals surface area (Å²) in [4.78, 5) is 26.5. The van der Waals surface area contributed by atoms with Gasteiger partial charge in [-0.05, 0) is 24.6 Å². The summed E-state index contributed by atoms with van der Waals surface area (Å²) >= 11 is 0. The molecule has 0 unspecified atom stereocenters. The van der Waals surface area contributed by atoms with E-state index in [4.69, 9.17) is 9.47 Å². The van der Waals surface area contributed by atoms with Gasteiger partial charge in [-0.2, -0.15) is 0 Å². The maximum absolute atomic E-state index is 12.9. The van der Waals surface area contributed by atoms with E-state index in [1.54, 1.807) is 48.5 Å². The minimum absolute atomic E-state index is 0.0273. The minimum atomic E-state index is -3.18. The first-order valence-corrected chi connectivity index (χ1v) is 11.1. The van der Waals surface area contributed by atoms with Crippen molar-refractivity contribution in [3.05, 3.63) is 60.2 Å². The van der Waals surface area contributed by atoms with Gasteiger partial charge in [0, 0.05) is 11.3 Å². The number of nitrogens with zero attached hydrogens (tertiary/aromatic N) is 1. The molecule has 2 aromatic carbocycles. The Morgan fingerprint density at radius 2 is 1.76 bits per heavy atom. The van der Waals surface area contributed by atoms with Crippen LogP contribution >= 0.6 is 0 Å². The lowest BCUT2D eigenvalue weighted by Crippen LogP contribution is -2.43. The molecule has 0 aromatic heterocycles. The van der Waals surface area contributed by atoms with Crippen molar-refractivity contribution in [1.29, 1.82) is 0 Å². The van der Waals surface area contributed by atoms with Gasteiger partial charge < -0.3 is 14.4 Å². The molecular formula is C21H23NO6S. The molecule has 1 atom stereocenters. The lowest BCUT2D eigenvalue weighted by atomic mass is 10.1. The number of anilines is 1. The molecule has 1 aliphatic rings. The number of carbonyl (C=O) groups is 2. The van der Waals surface area contributed by atoms with Crippen LogP contribution in [0.4, 0.5) is 5.69 Å². The number of benzene rings is 2. The Morgan fingerprint density at radius 3 is 2.41 bits per heavy atom. The van der Waals surface area contributed by atoms with Gasteiger partial charge in [0.15, 0.2) is 16.4 Å². The van der Waals surface area contributed by atoms with Gasteiger partial charge in [-0.1, -0.05) is 36.4 Å². The number of para-hydroxylation sites is 2. The third-order valence-corrected chi connectivity index (χ3v) is 6.51. The third kappa shape index (κ3) is 5.35. The van der Waals surface area contributed by atoms with Crippen molar-refractivity contribution in [2.24, 2.45) is 0 Å². The molecule has 0 aliphatic carbocycles. The van der Waals surface area contributed by atoms with Gasteiger partial charge in [0.25, 0.3) is 5.91 Å². The highest BCUT2D eigenvalue weighted by atomic mass is 32.2. The van der Waals surface area contributed by atoms with Gasteiger partial charge in [-0.3, -0.25) is 9.59 Å². The molecule has 0 spiro atoms. The number of carbonyl (C=O) groups excluding carboxylic acids is 2. The van der Waals surface area contributed by atoms with E-state index in [1.165, 1.54) is 12.0 Å². The monoisotopic (exact) mass is 417 g/mol. The Balaban J connectivity index is 1.68. The number of esters is 1. The summed E-state index contributed by atoms with van der Waals surface area (Å²) in [7, 11) is -1.66. The highest BCUT2D eigenvalue weighted by molar-refractivity contribution is 7.91. The van der Waals surface area contributed by atoms with Gasteiger partial charge in [0.1, 0.15) is 5.75 Å². The topological polar surface area (TPSA) is 90.0 Å². The lowest BCUT2D eigenvalue weighted by Gasteiger charge is -2.28. The molecule has 2 aromatic rings. The SMILES string of the molecule is COc1ccccc1CC(=O)OCC(=O)N(c1ccccc1)[C@H]1CCS(=O)(=O)C1. The molecule has 0 saturated carbocycles.